The zero-order valence-corrected chi connectivity index (χ0v) is 11.4. The Morgan fingerprint density at radius 1 is 1.43 bits per heavy atom. The van der Waals surface area contributed by atoms with E-state index >= 15 is 0 Å². The average molecular weight is 289 g/mol. The topological polar surface area (TPSA) is 124 Å². The molecule has 4 N–H and O–H groups in total. The lowest BCUT2D eigenvalue weighted by atomic mass is 9.76. The van der Waals surface area contributed by atoms with Crippen LogP contribution in [0.15, 0.2) is 12.3 Å². The molecule has 2 heterocycles. The van der Waals surface area contributed by atoms with E-state index in [4.69, 9.17) is 5.11 Å². The van der Waals surface area contributed by atoms with Crippen molar-refractivity contribution in [2.24, 2.45) is 0 Å². The highest BCUT2D eigenvalue weighted by Crippen LogP contribution is 2.39. The van der Waals surface area contributed by atoms with Crippen LogP contribution in [0.25, 0.3) is 0 Å². The molecule has 21 heavy (non-hydrogen) atoms. The van der Waals surface area contributed by atoms with Crippen molar-refractivity contribution in [3.8, 4) is 0 Å². The number of amides is 1. The maximum absolute atomic E-state index is 12.2. The van der Waals surface area contributed by atoms with Gasteiger partial charge in [0.25, 0.3) is 5.91 Å². The number of carboxylic acids is 1. The molecule has 8 nitrogen and oxygen atoms in total. The number of carbonyl (C=O) groups is 2. The molecule has 0 atom stereocenters. The number of rotatable bonds is 4. The fraction of sp³-hybridized carbons (Fsp3) is 0.385. The Morgan fingerprint density at radius 2 is 2.19 bits per heavy atom. The summed E-state index contributed by atoms with van der Waals surface area (Å²) in [5, 5.41) is 18.5. The molecule has 2 aromatic rings. The van der Waals surface area contributed by atoms with Gasteiger partial charge in [0.05, 0.1) is 11.7 Å². The summed E-state index contributed by atoms with van der Waals surface area (Å²) in [5.41, 5.74) is 0.497. The minimum Gasteiger partial charge on any atom is -0.477 e. The third kappa shape index (κ3) is 2.28. The third-order valence-electron chi connectivity index (χ3n) is 3.76. The van der Waals surface area contributed by atoms with Gasteiger partial charge in [-0.25, -0.2) is 9.78 Å². The van der Waals surface area contributed by atoms with Gasteiger partial charge in [-0.1, -0.05) is 0 Å². The van der Waals surface area contributed by atoms with Gasteiger partial charge in [0.1, 0.15) is 17.2 Å². The highest BCUT2D eigenvalue weighted by atomic mass is 16.4. The molecule has 110 valence electrons. The van der Waals surface area contributed by atoms with E-state index in [1.54, 1.807) is 6.07 Å². The molecule has 0 spiro atoms. The number of nitrogens with zero attached hydrogens (tertiary/aromatic N) is 2. The van der Waals surface area contributed by atoms with Crippen molar-refractivity contribution >= 4 is 11.9 Å². The van der Waals surface area contributed by atoms with Crippen LogP contribution in [-0.2, 0) is 5.54 Å². The summed E-state index contributed by atoms with van der Waals surface area (Å²) in [4.78, 5) is 30.0. The summed E-state index contributed by atoms with van der Waals surface area (Å²) in [6.45, 7) is 1.81. The summed E-state index contributed by atoms with van der Waals surface area (Å²) in [5.74, 6) is -0.892. The zero-order chi connectivity index (χ0) is 15.0. The SMILES string of the molecule is Cc1cc(C(=O)NC2(c3ncc(C(=O)O)[nH]3)CCC2)n[nH]1. The van der Waals surface area contributed by atoms with Crippen LogP contribution in [0.3, 0.4) is 0 Å². The number of hydrogen-bond acceptors (Lipinski definition) is 4. The summed E-state index contributed by atoms with van der Waals surface area (Å²) in [7, 11) is 0. The molecule has 1 aliphatic rings. The molecule has 0 radical (unpaired) electrons. The normalized spacial score (nSPS) is 16.2. The molecule has 8 heteroatoms. The quantitative estimate of drug-likeness (QED) is 0.667. The minimum atomic E-state index is -1.07. The lowest BCUT2D eigenvalue weighted by Gasteiger charge is -2.40. The summed E-state index contributed by atoms with van der Waals surface area (Å²) >= 11 is 0. The predicted octanol–water partition coefficient (Wildman–Crippen LogP) is 0.949. The molecule has 1 aliphatic carbocycles. The molecule has 0 bridgehead atoms. The smallest absolute Gasteiger partial charge is 0.353 e. The maximum atomic E-state index is 12.2. The van der Waals surface area contributed by atoms with E-state index in [0.29, 0.717) is 24.4 Å². The molecule has 3 rings (SSSR count). The van der Waals surface area contributed by atoms with Crippen molar-refractivity contribution in [2.75, 3.05) is 0 Å². The van der Waals surface area contributed by atoms with Gasteiger partial charge in [0, 0.05) is 5.69 Å². The Labute approximate surface area is 120 Å². The standard InChI is InChI=1S/C13H15N5O3/c1-7-5-8(18-17-7)10(19)16-13(3-2-4-13)12-14-6-9(15-12)11(20)21/h5-6H,2-4H2,1H3,(H,14,15)(H,16,19)(H,17,18)(H,20,21). The van der Waals surface area contributed by atoms with E-state index in [-0.39, 0.29) is 11.6 Å². The Hall–Kier alpha value is -2.64. The molecule has 1 amide bonds. The molecule has 1 fully saturated rings. The first-order valence-electron chi connectivity index (χ1n) is 6.63. The van der Waals surface area contributed by atoms with Crippen LogP contribution in [0.5, 0.6) is 0 Å². The molecular weight excluding hydrogens is 274 g/mol. The van der Waals surface area contributed by atoms with Gasteiger partial charge in [-0.05, 0) is 32.3 Å². The fourth-order valence-electron chi connectivity index (χ4n) is 2.44. The number of carbonyl (C=O) groups excluding carboxylic acids is 1. The summed E-state index contributed by atoms with van der Waals surface area (Å²) in [6.07, 6.45) is 3.65. The Bertz CT molecular complexity index is 698. The number of aromatic amines is 2. The highest BCUT2D eigenvalue weighted by molar-refractivity contribution is 5.93. The second-order valence-corrected chi connectivity index (χ2v) is 5.28. The third-order valence-corrected chi connectivity index (χ3v) is 3.76. The van der Waals surface area contributed by atoms with E-state index in [1.807, 2.05) is 6.92 Å². The zero-order valence-electron chi connectivity index (χ0n) is 11.4. The molecule has 0 aromatic carbocycles. The largest absolute Gasteiger partial charge is 0.477 e. The van der Waals surface area contributed by atoms with E-state index < -0.39 is 11.5 Å². The van der Waals surface area contributed by atoms with Crippen molar-refractivity contribution < 1.29 is 14.7 Å². The average Bonchev–Trinajstić information content (AvgIpc) is 3.02. The summed E-state index contributed by atoms with van der Waals surface area (Å²) in [6, 6.07) is 1.66. The number of H-pyrrole nitrogens is 2. The van der Waals surface area contributed by atoms with Gasteiger partial charge in [-0.2, -0.15) is 5.10 Å². The van der Waals surface area contributed by atoms with E-state index in [9.17, 15) is 9.59 Å². The molecular formula is C13H15N5O3. The Morgan fingerprint density at radius 3 is 2.67 bits per heavy atom. The van der Waals surface area contributed by atoms with Crippen LogP contribution < -0.4 is 5.32 Å². The van der Waals surface area contributed by atoms with Gasteiger partial charge in [0.2, 0.25) is 0 Å². The minimum absolute atomic E-state index is 0.0149. The number of aromatic nitrogens is 4. The van der Waals surface area contributed by atoms with Crippen molar-refractivity contribution in [1.82, 2.24) is 25.5 Å². The van der Waals surface area contributed by atoms with Gasteiger partial charge in [-0.15, -0.1) is 0 Å². The van der Waals surface area contributed by atoms with Crippen LogP contribution in [0.1, 0.15) is 51.8 Å². The predicted molar refractivity (Wildman–Crippen MR) is 71.9 cm³/mol. The first kappa shape index (κ1) is 13.3. The molecule has 0 aliphatic heterocycles. The van der Waals surface area contributed by atoms with Crippen LogP contribution in [0.4, 0.5) is 0 Å². The van der Waals surface area contributed by atoms with Crippen molar-refractivity contribution in [1.29, 1.82) is 0 Å². The number of aromatic carboxylic acids is 1. The number of carboxylic acid groups (broad SMARTS) is 1. The Balaban J connectivity index is 1.83. The van der Waals surface area contributed by atoms with Crippen LogP contribution >= 0.6 is 0 Å². The molecule has 0 saturated heterocycles. The lowest BCUT2D eigenvalue weighted by molar-refractivity contribution is 0.0690. The number of nitrogens with one attached hydrogen (secondary N) is 3. The Kier molecular flexibility index (Phi) is 3.00. The highest BCUT2D eigenvalue weighted by Gasteiger charge is 2.43. The molecule has 0 unspecified atom stereocenters. The van der Waals surface area contributed by atoms with Crippen LogP contribution in [0, 0.1) is 6.92 Å². The second kappa shape index (κ2) is 4.72. The van der Waals surface area contributed by atoms with Crippen LogP contribution in [-0.4, -0.2) is 37.1 Å². The first-order chi connectivity index (χ1) is 10.00. The summed E-state index contributed by atoms with van der Waals surface area (Å²) < 4.78 is 0. The monoisotopic (exact) mass is 289 g/mol. The fourth-order valence-corrected chi connectivity index (χ4v) is 2.44. The van der Waals surface area contributed by atoms with Crippen LogP contribution in [0.2, 0.25) is 0 Å². The van der Waals surface area contributed by atoms with E-state index in [1.165, 1.54) is 6.20 Å². The van der Waals surface area contributed by atoms with Gasteiger partial charge in [0.15, 0.2) is 0 Å². The lowest BCUT2D eigenvalue weighted by Crippen LogP contribution is -2.51. The first-order valence-corrected chi connectivity index (χ1v) is 6.63. The molecule has 2 aromatic heterocycles. The number of aryl methyl sites for hydroxylation is 1. The maximum Gasteiger partial charge on any atom is 0.353 e. The van der Waals surface area contributed by atoms with E-state index in [0.717, 1.165) is 12.1 Å². The molecule has 1 saturated carbocycles. The number of hydrogen-bond donors (Lipinski definition) is 4. The van der Waals surface area contributed by atoms with Gasteiger partial charge < -0.3 is 15.4 Å². The van der Waals surface area contributed by atoms with E-state index in [2.05, 4.69) is 25.5 Å². The van der Waals surface area contributed by atoms with Gasteiger partial charge in [-0.3, -0.25) is 9.89 Å². The second-order valence-electron chi connectivity index (χ2n) is 5.28. The number of imidazole rings is 1. The van der Waals surface area contributed by atoms with Crippen molar-refractivity contribution in [2.45, 2.75) is 31.7 Å². The van der Waals surface area contributed by atoms with Gasteiger partial charge >= 0.3 is 5.97 Å². The van der Waals surface area contributed by atoms with Crippen molar-refractivity contribution in [3.05, 3.63) is 35.2 Å². The van der Waals surface area contributed by atoms with Crippen molar-refractivity contribution in [3.63, 3.8) is 0 Å².